The molecule has 0 aliphatic carbocycles. The lowest BCUT2D eigenvalue weighted by molar-refractivity contribution is 0.186. The Morgan fingerprint density at radius 2 is 2.14 bits per heavy atom. The number of halogens is 2. The van der Waals surface area contributed by atoms with Crippen LogP contribution in [0.3, 0.4) is 0 Å². The minimum atomic E-state index is -0.755. The first-order chi connectivity index (χ1) is 13.4. The number of hydrogen-bond acceptors (Lipinski definition) is 6. The molecule has 3 rings (SSSR count). The lowest BCUT2D eigenvalue weighted by Gasteiger charge is -2.14. The van der Waals surface area contributed by atoms with Gasteiger partial charge in [0.05, 0.1) is 18.3 Å². The van der Waals surface area contributed by atoms with Gasteiger partial charge in [-0.2, -0.15) is 4.68 Å². The first-order valence-electron chi connectivity index (χ1n) is 8.32. The number of tetrazole rings is 1. The average molecular weight is 406 g/mol. The van der Waals surface area contributed by atoms with E-state index in [0.29, 0.717) is 17.1 Å². The Bertz CT molecular complexity index is 1010. The summed E-state index contributed by atoms with van der Waals surface area (Å²) in [5, 5.41) is 23.1. The number of nitrogens with one attached hydrogen (secondary N) is 1. The third kappa shape index (κ3) is 4.44. The van der Waals surface area contributed by atoms with Crippen molar-refractivity contribution >= 4 is 17.7 Å². The molecule has 8 nitrogen and oxygen atoms in total. The monoisotopic (exact) mass is 405 g/mol. The van der Waals surface area contributed by atoms with Gasteiger partial charge in [0.2, 0.25) is 0 Å². The van der Waals surface area contributed by atoms with Crippen molar-refractivity contribution in [3.63, 3.8) is 0 Å². The standard InChI is InChI=1S/C18H17ClFN5O3/c1-10(9-26)21-18(27)28-15-6-12(16-4-3-13(19)7-17(16)20)5-14(8-15)25-11(2)22-23-24-25/h3-8,10,26H,9H2,1-2H3,(H,21,27)/t10-/m0/s1. The summed E-state index contributed by atoms with van der Waals surface area (Å²) in [6, 6.07) is 8.53. The summed E-state index contributed by atoms with van der Waals surface area (Å²) in [5.74, 6) is 0.125. The Kier molecular flexibility index (Phi) is 5.86. The molecule has 28 heavy (non-hydrogen) atoms. The van der Waals surface area contributed by atoms with Crippen LogP contribution in [-0.2, 0) is 0 Å². The average Bonchev–Trinajstić information content (AvgIpc) is 3.07. The molecule has 1 aromatic heterocycles. The Morgan fingerprint density at radius 1 is 1.36 bits per heavy atom. The van der Waals surface area contributed by atoms with E-state index in [1.165, 1.54) is 22.9 Å². The van der Waals surface area contributed by atoms with Crippen LogP contribution < -0.4 is 10.1 Å². The van der Waals surface area contributed by atoms with Gasteiger partial charge >= 0.3 is 6.09 Å². The number of aliphatic hydroxyl groups excluding tert-OH is 1. The van der Waals surface area contributed by atoms with Crippen LogP contribution in [-0.4, -0.2) is 44.1 Å². The summed E-state index contributed by atoms with van der Waals surface area (Å²) in [6.45, 7) is 3.09. The highest BCUT2D eigenvalue weighted by Gasteiger charge is 2.15. The van der Waals surface area contributed by atoms with E-state index < -0.39 is 18.0 Å². The van der Waals surface area contributed by atoms with Crippen molar-refractivity contribution in [1.29, 1.82) is 0 Å². The van der Waals surface area contributed by atoms with Crippen molar-refractivity contribution in [2.24, 2.45) is 0 Å². The molecule has 0 saturated carbocycles. The lowest BCUT2D eigenvalue weighted by Crippen LogP contribution is -2.37. The van der Waals surface area contributed by atoms with E-state index in [1.54, 1.807) is 32.0 Å². The summed E-state index contributed by atoms with van der Waals surface area (Å²) < 4.78 is 21.2. The van der Waals surface area contributed by atoms with Gasteiger partial charge in [-0.1, -0.05) is 11.6 Å². The van der Waals surface area contributed by atoms with Crippen molar-refractivity contribution in [1.82, 2.24) is 25.5 Å². The van der Waals surface area contributed by atoms with Gasteiger partial charge in [0.15, 0.2) is 5.82 Å². The zero-order chi connectivity index (χ0) is 20.3. The number of aliphatic hydroxyl groups is 1. The van der Waals surface area contributed by atoms with Gasteiger partial charge in [-0.25, -0.2) is 9.18 Å². The predicted molar refractivity (Wildman–Crippen MR) is 100 cm³/mol. The fraction of sp³-hybridized carbons (Fsp3) is 0.222. The van der Waals surface area contributed by atoms with Crippen LogP contribution in [0.2, 0.25) is 5.02 Å². The number of rotatable bonds is 5. The van der Waals surface area contributed by atoms with E-state index in [0.717, 1.165) is 0 Å². The molecule has 1 atom stereocenters. The molecule has 0 unspecified atom stereocenters. The molecule has 0 saturated heterocycles. The van der Waals surface area contributed by atoms with Gasteiger partial charge in [0.25, 0.3) is 0 Å². The smallest absolute Gasteiger partial charge is 0.410 e. The van der Waals surface area contributed by atoms with Crippen LogP contribution in [0.5, 0.6) is 5.75 Å². The van der Waals surface area contributed by atoms with Crippen molar-refractivity contribution in [2.75, 3.05) is 6.61 Å². The fourth-order valence-corrected chi connectivity index (χ4v) is 2.66. The second-order valence-corrected chi connectivity index (χ2v) is 6.53. The van der Waals surface area contributed by atoms with Gasteiger partial charge in [-0.05, 0) is 60.2 Å². The van der Waals surface area contributed by atoms with Crippen molar-refractivity contribution in [2.45, 2.75) is 19.9 Å². The molecule has 0 aliphatic rings. The minimum Gasteiger partial charge on any atom is -0.410 e. The number of benzene rings is 2. The molecule has 0 fully saturated rings. The molecule has 3 aromatic rings. The van der Waals surface area contributed by atoms with Gasteiger partial charge < -0.3 is 15.2 Å². The highest BCUT2D eigenvalue weighted by atomic mass is 35.5. The van der Waals surface area contributed by atoms with Gasteiger partial charge in [-0.3, -0.25) is 0 Å². The van der Waals surface area contributed by atoms with E-state index in [4.69, 9.17) is 21.4 Å². The Hall–Kier alpha value is -3.04. The summed E-state index contributed by atoms with van der Waals surface area (Å²) in [4.78, 5) is 12.0. The van der Waals surface area contributed by atoms with Gasteiger partial charge in [-0.15, -0.1) is 5.10 Å². The minimum absolute atomic E-state index is 0.152. The number of amides is 1. The Balaban J connectivity index is 2.04. The number of aromatic nitrogens is 4. The van der Waals surface area contributed by atoms with Crippen LogP contribution in [0, 0.1) is 12.7 Å². The number of nitrogens with zero attached hydrogens (tertiary/aromatic N) is 4. The second-order valence-electron chi connectivity index (χ2n) is 6.10. The summed E-state index contributed by atoms with van der Waals surface area (Å²) in [5.41, 5.74) is 1.19. The number of aryl methyl sites for hydroxylation is 1. The lowest BCUT2D eigenvalue weighted by atomic mass is 10.0. The third-order valence-electron chi connectivity index (χ3n) is 3.85. The van der Waals surface area contributed by atoms with E-state index in [2.05, 4.69) is 20.8 Å². The highest BCUT2D eigenvalue weighted by Crippen LogP contribution is 2.31. The Morgan fingerprint density at radius 3 is 2.79 bits per heavy atom. The summed E-state index contributed by atoms with van der Waals surface area (Å²) in [6.07, 6.45) is -0.755. The van der Waals surface area contributed by atoms with Gasteiger partial charge in [0, 0.05) is 16.7 Å². The zero-order valence-corrected chi connectivity index (χ0v) is 15.8. The van der Waals surface area contributed by atoms with Crippen molar-refractivity contribution in [3.8, 4) is 22.6 Å². The molecule has 146 valence electrons. The van der Waals surface area contributed by atoms with Crippen LogP contribution in [0.15, 0.2) is 36.4 Å². The summed E-state index contributed by atoms with van der Waals surface area (Å²) >= 11 is 5.83. The number of carbonyl (C=O) groups is 1. The van der Waals surface area contributed by atoms with Gasteiger partial charge in [0.1, 0.15) is 11.6 Å². The highest BCUT2D eigenvalue weighted by molar-refractivity contribution is 6.30. The molecule has 0 aliphatic heterocycles. The fourth-order valence-electron chi connectivity index (χ4n) is 2.50. The molecular formula is C18H17ClFN5O3. The number of carbonyl (C=O) groups excluding carboxylic acids is 1. The second kappa shape index (κ2) is 8.32. The predicted octanol–water partition coefficient (Wildman–Crippen LogP) is 2.90. The van der Waals surface area contributed by atoms with Crippen molar-refractivity contribution < 1.29 is 19.0 Å². The first-order valence-corrected chi connectivity index (χ1v) is 8.70. The molecule has 2 aromatic carbocycles. The third-order valence-corrected chi connectivity index (χ3v) is 4.09. The molecule has 0 bridgehead atoms. The summed E-state index contributed by atoms with van der Waals surface area (Å²) in [7, 11) is 0. The van der Waals surface area contributed by atoms with E-state index in [-0.39, 0.29) is 22.9 Å². The van der Waals surface area contributed by atoms with Crippen LogP contribution in [0.25, 0.3) is 16.8 Å². The number of ether oxygens (including phenoxy) is 1. The maximum absolute atomic E-state index is 14.4. The molecule has 2 N–H and O–H groups in total. The molecule has 1 amide bonds. The molecule has 10 heteroatoms. The molecular weight excluding hydrogens is 389 g/mol. The van der Waals surface area contributed by atoms with Crippen LogP contribution in [0.4, 0.5) is 9.18 Å². The quantitative estimate of drug-likeness (QED) is 0.676. The molecule has 1 heterocycles. The van der Waals surface area contributed by atoms with E-state index in [1.807, 2.05) is 0 Å². The topological polar surface area (TPSA) is 102 Å². The van der Waals surface area contributed by atoms with Crippen LogP contribution >= 0.6 is 11.6 Å². The maximum Gasteiger partial charge on any atom is 0.412 e. The first kappa shape index (κ1) is 19.7. The molecule has 0 spiro atoms. The van der Waals surface area contributed by atoms with Crippen LogP contribution in [0.1, 0.15) is 12.7 Å². The zero-order valence-electron chi connectivity index (χ0n) is 15.1. The molecule has 0 radical (unpaired) electrons. The van der Waals surface area contributed by atoms with E-state index >= 15 is 0 Å². The Labute approximate surface area is 164 Å². The normalized spacial score (nSPS) is 11.9. The van der Waals surface area contributed by atoms with E-state index in [9.17, 15) is 9.18 Å². The van der Waals surface area contributed by atoms with Crippen molar-refractivity contribution in [3.05, 3.63) is 53.1 Å². The number of hydrogen-bond donors (Lipinski definition) is 2. The SMILES string of the molecule is Cc1nnnn1-c1cc(OC(=O)N[C@@H](C)CO)cc(-c2ccc(Cl)cc2F)c1. The largest absolute Gasteiger partial charge is 0.412 e. The maximum atomic E-state index is 14.4.